The van der Waals surface area contributed by atoms with Gasteiger partial charge in [-0.3, -0.25) is 29.4 Å². The number of ether oxygens (including phenoxy) is 1. The van der Waals surface area contributed by atoms with E-state index < -0.39 is 11.9 Å². The van der Waals surface area contributed by atoms with Crippen molar-refractivity contribution in [3.05, 3.63) is 53.2 Å². The lowest BCUT2D eigenvalue weighted by Crippen LogP contribution is -2.52. The van der Waals surface area contributed by atoms with Crippen LogP contribution in [0.15, 0.2) is 36.5 Å². The summed E-state index contributed by atoms with van der Waals surface area (Å²) in [7, 11) is 0. The monoisotopic (exact) mass is 515 g/mol. The number of carbonyl (C=O) groups is 4. The van der Waals surface area contributed by atoms with Crippen molar-refractivity contribution < 1.29 is 23.9 Å². The molecule has 3 amide bonds. The Morgan fingerprint density at radius 3 is 2.74 bits per heavy atom. The highest BCUT2D eigenvalue weighted by molar-refractivity contribution is 6.05. The molecule has 0 bridgehead atoms. The summed E-state index contributed by atoms with van der Waals surface area (Å²) in [4.78, 5) is 56.8. The van der Waals surface area contributed by atoms with Crippen LogP contribution in [0.2, 0.25) is 0 Å². The van der Waals surface area contributed by atoms with Crippen molar-refractivity contribution >= 4 is 35.2 Å². The minimum atomic E-state index is -0.644. The van der Waals surface area contributed by atoms with Crippen molar-refractivity contribution in [2.24, 2.45) is 0 Å². The predicted molar refractivity (Wildman–Crippen MR) is 138 cm³/mol. The molecule has 2 aromatic heterocycles. The second-order valence-electron chi connectivity index (χ2n) is 10.1. The average molecular weight is 516 g/mol. The first-order chi connectivity index (χ1) is 18.5. The third-order valence-corrected chi connectivity index (χ3v) is 7.75. The molecule has 2 fully saturated rings. The Balaban J connectivity index is 1.34. The molecule has 6 rings (SSSR count). The number of aromatic nitrogens is 2. The smallest absolute Gasteiger partial charge is 0.293 e. The van der Waals surface area contributed by atoms with E-state index in [1.54, 1.807) is 4.90 Å². The number of rotatable bonds is 8. The van der Waals surface area contributed by atoms with Crippen molar-refractivity contribution in [1.29, 1.82) is 0 Å². The van der Waals surface area contributed by atoms with E-state index in [9.17, 15) is 19.2 Å². The Morgan fingerprint density at radius 1 is 1.11 bits per heavy atom. The lowest BCUT2D eigenvalue weighted by Gasteiger charge is -2.29. The number of imide groups is 1. The van der Waals surface area contributed by atoms with Crippen molar-refractivity contribution in [3.8, 4) is 11.3 Å². The first-order valence-corrected chi connectivity index (χ1v) is 13.1. The van der Waals surface area contributed by atoms with Crippen molar-refractivity contribution in [1.82, 2.24) is 24.7 Å². The first-order valence-electron chi connectivity index (χ1n) is 13.1. The third kappa shape index (κ3) is 4.45. The SMILES string of the molecule is O=COCCn1ccc2c(CN3CCCC3)cc(-c3ccc4c(c3)CN(C3CCC(=O)NC3=O)C4=O)nc21. The molecule has 1 N–H and O–H groups in total. The van der Waals surface area contributed by atoms with Crippen LogP contribution in [-0.2, 0) is 38.8 Å². The number of carbonyl (C=O) groups excluding carboxylic acids is 4. The number of fused-ring (bicyclic) bond motifs is 2. The molecule has 10 nitrogen and oxygen atoms in total. The van der Waals surface area contributed by atoms with Crippen LogP contribution in [0.3, 0.4) is 0 Å². The molecule has 0 spiro atoms. The molecule has 2 saturated heterocycles. The number of likely N-dealkylation sites (tertiary alicyclic amines) is 1. The normalized spacial score (nSPS) is 19.7. The zero-order valence-electron chi connectivity index (χ0n) is 21.0. The van der Waals surface area contributed by atoms with Crippen LogP contribution in [0.1, 0.15) is 47.2 Å². The number of nitrogens with one attached hydrogen (secondary N) is 1. The maximum Gasteiger partial charge on any atom is 0.293 e. The van der Waals surface area contributed by atoms with Crippen molar-refractivity contribution in [2.45, 2.75) is 51.4 Å². The molecule has 0 radical (unpaired) electrons. The zero-order chi connectivity index (χ0) is 26.2. The van der Waals surface area contributed by atoms with Crippen LogP contribution in [0.25, 0.3) is 22.3 Å². The molecule has 0 aliphatic carbocycles. The van der Waals surface area contributed by atoms with Crippen LogP contribution in [0, 0.1) is 0 Å². The minimum Gasteiger partial charge on any atom is -0.466 e. The van der Waals surface area contributed by atoms with Gasteiger partial charge in [0, 0.05) is 42.2 Å². The van der Waals surface area contributed by atoms with Gasteiger partial charge in [0.15, 0.2) is 0 Å². The van der Waals surface area contributed by atoms with Gasteiger partial charge in [0.1, 0.15) is 18.3 Å². The summed E-state index contributed by atoms with van der Waals surface area (Å²) in [6, 6.07) is 9.24. The van der Waals surface area contributed by atoms with Crippen LogP contribution < -0.4 is 5.32 Å². The predicted octanol–water partition coefficient (Wildman–Crippen LogP) is 2.23. The van der Waals surface area contributed by atoms with Gasteiger partial charge in [0.05, 0.1) is 12.2 Å². The number of nitrogens with zero attached hydrogens (tertiary/aromatic N) is 4. The summed E-state index contributed by atoms with van der Waals surface area (Å²) in [6.07, 6.45) is 4.94. The van der Waals surface area contributed by atoms with Crippen LogP contribution in [0.5, 0.6) is 0 Å². The summed E-state index contributed by atoms with van der Waals surface area (Å²) < 4.78 is 6.92. The highest BCUT2D eigenvalue weighted by Gasteiger charge is 2.39. The zero-order valence-corrected chi connectivity index (χ0v) is 21.0. The summed E-state index contributed by atoms with van der Waals surface area (Å²) >= 11 is 0. The fourth-order valence-corrected chi connectivity index (χ4v) is 5.80. The standard InChI is InChI=1S/C28H29N5O5/c34-17-38-12-11-32-10-7-21-20(15-31-8-1-2-9-31)14-23(29-26(21)32)18-3-4-22-19(13-18)16-33(28(22)37)24-5-6-25(35)30-27(24)36/h3-4,7,10,13-14,17,24H,1-2,5-6,8-9,11-12,15-16H2,(H,30,35,36). The first kappa shape index (κ1) is 24.3. The Kier molecular flexibility index (Phi) is 6.40. The van der Waals surface area contributed by atoms with Gasteiger partial charge in [-0.05, 0) is 67.7 Å². The Labute approximate surface area is 219 Å². The molecule has 0 saturated carbocycles. The van der Waals surface area contributed by atoms with Crippen molar-refractivity contribution in [3.63, 3.8) is 0 Å². The van der Waals surface area contributed by atoms with Crippen LogP contribution >= 0.6 is 0 Å². The number of pyridine rings is 1. The molecular weight excluding hydrogens is 486 g/mol. The van der Waals surface area contributed by atoms with Gasteiger partial charge in [-0.1, -0.05) is 6.07 Å². The van der Waals surface area contributed by atoms with Gasteiger partial charge >= 0.3 is 0 Å². The van der Waals surface area contributed by atoms with E-state index in [4.69, 9.17) is 9.72 Å². The van der Waals surface area contributed by atoms with Crippen LogP contribution in [-0.4, -0.2) is 69.3 Å². The maximum absolute atomic E-state index is 13.1. The van der Waals surface area contributed by atoms with Gasteiger partial charge in [-0.2, -0.15) is 0 Å². The molecule has 3 aromatic rings. The average Bonchev–Trinajstić information content (AvgIpc) is 3.64. The fourth-order valence-electron chi connectivity index (χ4n) is 5.80. The minimum absolute atomic E-state index is 0.191. The second-order valence-corrected chi connectivity index (χ2v) is 10.1. The topological polar surface area (TPSA) is 114 Å². The van der Waals surface area contributed by atoms with Crippen LogP contribution in [0.4, 0.5) is 0 Å². The summed E-state index contributed by atoms with van der Waals surface area (Å²) in [6.45, 7) is 4.50. The number of amides is 3. The molecule has 10 heteroatoms. The molecule has 1 aromatic carbocycles. The molecule has 38 heavy (non-hydrogen) atoms. The lowest BCUT2D eigenvalue weighted by molar-refractivity contribution is -0.137. The van der Waals surface area contributed by atoms with E-state index in [1.165, 1.54) is 18.4 Å². The van der Waals surface area contributed by atoms with Gasteiger partial charge < -0.3 is 14.2 Å². The Morgan fingerprint density at radius 2 is 1.95 bits per heavy atom. The summed E-state index contributed by atoms with van der Waals surface area (Å²) in [5.74, 6) is -0.907. The Hall–Kier alpha value is -4.05. The van der Waals surface area contributed by atoms with E-state index in [-0.39, 0.29) is 24.8 Å². The maximum atomic E-state index is 13.1. The molecule has 3 aliphatic rings. The number of hydrogen-bond acceptors (Lipinski definition) is 7. The van der Waals surface area contributed by atoms with E-state index in [0.29, 0.717) is 31.5 Å². The van der Waals surface area contributed by atoms with E-state index >= 15 is 0 Å². The number of benzene rings is 1. The van der Waals surface area contributed by atoms with Crippen molar-refractivity contribution in [2.75, 3.05) is 19.7 Å². The number of piperidine rings is 1. The van der Waals surface area contributed by atoms with E-state index in [2.05, 4.69) is 22.3 Å². The molecule has 1 atom stereocenters. The molecule has 196 valence electrons. The van der Waals surface area contributed by atoms with E-state index in [1.807, 2.05) is 29.0 Å². The summed E-state index contributed by atoms with van der Waals surface area (Å²) in [5, 5.41) is 3.42. The fraction of sp³-hybridized carbons (Fsp3) is 0.393. The van der Waals surface area contributed by atoms with Gasteiger partial charge in [0.25, 0.3) is 12.4 Å². The second kappa shape index (κ2) is 10.0. The molecule has 1 unspecified atom stereocenters. The summed E-state index contributed by atoms with van der Waals surface area (Å²) in [5.41, 5.74) is 5.12. The van der Waals surface area contributed by atoms with Gasteiger partial charge in [-0.25, -0.2) is 4.98 Å². The van der Waals surface area contributed by atoms with Gasteiger partial charge in [0.2, 0.25) is 11.8 Å². The molecule has 5 heterocycles. The molecular formula is C28H29N5O5. The van der Waals surface area contributed by atoms with E-state index in [0.717, 1.165) is 47.5 Å². The number of hydrogen-bond donors (Lipinski definition) is 1. The Bertz CT molecular complexity index is 1440. The van der Waals surface area contributed by atoms with Gasteiger partial charge in [-0.15, -0.1) is 0 Å². The highest BCUT2D eigenvalue weighted by Crippen LogP contribution is 2.33. The largest absolute Gasteiger partial charge is 0.466 e. The molecule has 3 aliphatic heterocycles. The highest BCUT2D eigenvalue weighted by atomic mass is 16.5. The quantitative estimate of drug-likeness (QED) is 0.278. The lowest BCUT2D eigenvalue weighted by atomic mass is 10.0. The third-order valence-electron chi connectivity index (χ3n) is 7.75.